The van der Waals surface area contributed by atoms with Crippen molar-refractivity contribution in [2.75, 3.05) is 44.7 Å². The minimum atomic E-state index is 0.413. The lowest BCUT2D eigenvalue weighted by Crippen LogP contribution is -2.43. The summed E-state index contributed by atoms with van der Waals surface area (Å²) in [4.78, 5) is 2.59. The van der Waals surface area contributed by atoms with Crippen LogP contribution in [-0.4, -0.2) is 49.6 Å². The van der Waals surface area contributed by atoms with Crippen molar-refractivity contribution in [1.29, 1.82) is 0 Å². The first-order valence-corrected chi connectivity index (χ1v) is 6.24. The second-order valence-corrected chi connectivity index (χ2v) is 5.81. The molecule has 1 fully saturated rings. The first kappa shape index (κ1) is 11.3. The number of hydrogen-bond acceptors (Lipinski definition) is 3. The Morgan fingerprint density at radius 2 is 1.92 bits per heavy atom. The molecule has 1 rings (SSSR count). The number of nitrogens with zero attached hydrogens (tertiary/aromatic N) is 1. The van der Waals surface area contributed by atoms with E-state index in [2.05, 4.69) is 35.8 Å². The molecule has 0 aromatic heterocycles. The number of thioether (sulfide) groups is 1. The van der Waals surface area contributed by atoms with E-state index in [9.17, 15) is 0 Å². The average Bonchev–Trinajstić information content (AvgIpc) is 2.04. The normalized spacial score (nSPS) is 20.5. The van der Waals surface area contributed by atoms with Gasteiger partial charge in [-0.05, 0) is 12.5 Å². The highest BCUT2D eigenvalue weighted by Gasteiger charge is 2.21. The Bertz CT molecular complexity index is 142. The molecule has 1 N–H and O–H groups in total. The van der Waals surface area contributed by atoms with Gasteiger partial charge in [0.25, 0.3) is 0 Å². The molecule has 0 atom stereocenters. The highest BCUT2D eigenvalue weighted by molar-refractivity contribution is 7.99. The predicted octanol–water partition coefficient (Wildman–Crippen LogP) is 1.28. The average molecular weight is 202 g/mol. The van der Waals surface area contributed by atoms with Crippen LogP contribution >= 0.6 is 11.8 Å². The molecular formula is C10H22N2S. The Balaban J connectivity index is 2.28. The molecular weight excluding hydrogens is 180 g/mol. The van der Waals surface area contributed by atoms with Crippen LogP contribution in [0.5, 0.6) is 0 Å². The van der Waals surface area contributed by atoms with Crippen LogP contribution < -0.4 is 5.32 Å². The zero-order chi connectivity index (χ0) is 9.73. The van der Waals surface area contributed by atoms with E-state index >= 15 is 0 Å². The molecule has 0 radical (unpaired) electrons. The number of nitrogens with one attached hydrogen (secondary N) is 1. The first-order chi connectivity index (χ1) is 6.14. The van der Waals surface area contributed by atoms with Crippen LogP contribution in [0.3, 0.4) is 0 Å². The highest BCUT2D eigenvalue weighted by atomic mass is 32.2. The van der Waals surface area contributed by atoms with Crippen molar-refractivity contribution in [2.45, 2.75) is 13.8 Å². The topological polar surface area (TPSA) is 15.3 Å². The molecule has 78 valence electrons. The Kier molecular flexibility index (Phi) is 4.56. The van der Waals surface area contributed by atoms with Gasteiger partial charge < -0.3 is 10.2 Å². The molecule has 2 nitrogen and oxygen atoms in total. The molecule has 1 aliphatic rings. The van der Waals surface area contributed by atoms with Crippen molar-refractivity contribution in [2.24, 2.45) is 5.41 Å². The van der Waals surface area contributed by atoms with E-state index < -0.39 is 0 Å². The molecule has 1 saturated heterocycles. The minimum Gasteiger partial charge on any atom is -0.319 e. The summed E-state index contributed by atoms with van der Waals surface area (Å²) >= 11 is 2.08. The smallest absolute Gasteiger partial charge is 0.00729 e. The van der Waals surface area contributed by atoms with Crippen LogP contribution in [0.1, 0.15) is 13.8 Å². The first-order valence-electron chi connectivity index (χ1n) is 5.09. The van der Waals surface area contributed by atoms with E-state index in [1.165, 1.54) is 31.1 Å². The van der Waals surface area contributed by atoms with Crippen LogP contribution in [0.25, 0.3) is 0 Å². The van der Waals surface area contributed by atoms with Gasteiger partial charge in [-0.25, -0.2) is 0 Å². The number of rotatable bonds is 4. The zero-order valence-corrected chi connectivity index (χ0v) is 9.91. The molecule has 0 aromatic rings. The highest BCUT2D eigenvalue weighted by Crippen LogP contribution is 2.18. The molecule has 13 heavy (non-hydrogen) atoms. The van der Waals surface area contributed by atoms with Gasteiger partial charge in [-0.2, -0.15) is 11.8 Å². The second kappa shape index (κ2) is 5.23. The van der Waals surface area contributed by atoms with Gasteiger partial charge in [-0.1, -0.05) is 13.8 Å². The van der Waals surface area contributed by atoms with E-state index in [1.54, 1.807) is 0 Å². The second-order valence-electron chi connectivity index (χ2n) is 4.58. The summed E-state index contributed by atoms with van der Waals surface area (Å²) in [5.74, 6) is 2.63. The maximum Gasteiger partial charge on any atom is 0.00729 e. The summed E-state index contributed by atoms with van der Waals surface area (Å²) in [6, 6.07) is 0. The van der Waals surface area contributed by atoms with Crippen molar-refractivity contribution in [3.8, 4) is 0 Å². The fourth-order valence-corrected chi connectivity index (χ4v) is 2.88. The van der Waals surface area contributed by atoms with E-state index in [1.807, 2.05) is 7.05 Å². The lowest BCUT2D eigenvalue weighted by Gasteiger charge is -2.34. The third-order valence-electron chi connectivity index (χ3n) is 2.41. The molecule has 0 bridgehead atoms. The van der Waals surface area contributed by atoms with E-state index in [0.29, 0.717) is 5.41 Å². The summed E-state index contributed by atoms with van der Waals surface area (Å²) in [5, 5.41) is 3.27. The Labute approximate surface area is 86.5 Å². The van der Waals surface area contributed by atoms with E-state index in [4.69, 9.17) is 0 Å². The van der Waals surface area contributed by atoms with Crippen LogP contribution in [0.2, 0.25) is 0 Å². The van der Waals surface area contributed by atoms with Crippen molar-refractivity contribution >= 4 is 11.8 Å². The fraction of sp³-hybridized carbons (Fsp3) is 1.00. The lowest BCUT2D eigenvalue weighted by molar-refractivity contribution is 0.190. The Hall–Kier alpha value is 0.270. The lowest BCUT2D eigenvalue weighted by atomic mass is 9.93. The quantitative estimate of drug-likeness (QED) is 0.739. The largest absolute Gasteiger partial charge is 0.319 e. The van der Waals surface area contributed by atoms with Crippen molar-refractivity contribution < 1.29 is 0 Å². The molecule has 0 unspecified atom stereocenters. The summed E-state index contributed by atoms with van der Waals surface area (Å²) in [6.07, 6.45) is 0. The summed E-state index contributed by atoms with van der Waals surface area (Å²) in [7, 11) is 2.04. The third-order valence-corrected chi connectivity index (χ3v) is 3.35. The van der Waals surface area contributed by atoms with Gasteiger partial charge >= 0.3 is 0 Å². The van der Waals surface area contributed by atoms with Crippen molar-refractivity contribution in [3.63, 3.8) is 0 Å². The van der Waals surface area contributed by atoms with Crippen LogP contribution in [0, 0.1) is 5.41 Å². The van der Waals surface area contributed by atoms with Gasteiger partial charge in [0.05, 0.1) is 0 Å². The van der Waals surface area contributed by atoms with Gasteiger partial charge in [0.1, 0.15) is 0 Å². The molecule has 0 amide bonds. The van der Waals surface area contributed by atoms with Crippen LogP contribution in [0.15, 0.2) is 0 Å². The standard InChI is InChI=1S/C10H22N2S/c1-10(2,8-11-3)9-12-4-6-13-7-5-12/h11H,4-9H2,1-3H3. The van der Waals surface area contributed by atoms with Gasteiger partial charge in [0.2, 0.25) is 0 Å². The third kappa shape index (κ3) is 4.34. The van der Waals surface area contributed by atoms with Gasteiger partial charge in [-0.3, -0.25) is 0 Å². The van der Waals surface area contributed by atoms with Gasteiger partial charge in [0, 0.05) is 37.7 Å². The fourth-order valence-electron chi connectivity index (χ4n) is 1.90. The van der Waals surface area contributed by atoms with Gasteiger partial charge in [-0.15, -0.1) is 0 Å². The van der Waals surface area contributed by atoms with Crippen molar-refractivity contribution in [3.05, 3.63) is 0 Å². The summed E-state index contributed by atoms with van der Waals surface area (Å²) in [6.45, 7) is 9.57. The molecule has 3 heteroatoms. The molecule has 0 aromatic carbocycles. The maximum atomic E-state index is 3.27. The monoisotopic (exact) mass is 202 g/mol. The van der Waals surface area contributed by atoms with E-state index in [-0.39, 0.29) is 0 Å². The molecule has 1 aliphatic heterocycles. The predicted molar refractivity (Wildman–Crippen MR) is 61.5 cm³/mol. The summed E-state index contributed by atoms with van der Waals surface area (Å²) < 4.78 is 0. The van der Waals surface area contributed by atoms with Crippen molar-refractivity contribution in [1.82, 2.24) is 10.2 Å². The zero-order valence-electron chi connectivity index (χ0n) is 9.10. The van der Waals surface area contributed by atoms with Crippen LogP contribution in [0.4, 0.5) is 0 Å². The van der Waals surface area contributed by atoms with E-state index in [0.717, 1.165) is 6.54 Å². The summed E-state index contributed by atoms with van der Waals surface area (Å²) in [5.41, 5.74) is 0.413. The Morgan fingerprint density at radius 1 is 1.31 bits per heavy atom. The maximum absolute atomic E-state index is 3.27. The molecule has 0 saturated carbocycles. The molecule has 1 heterocycles. The van der Waals surface area contributed by atoms with Crippen LogP contribution in [-0.2, 0) is 0 Å². The molecule has 0 aliphatic carbocycles. The molecule has 0 spiro atoms. The Morgan fingerprint density at radius 3 is 2.46 bits per heavy atom. The number of hydrogen-bond donors (Lipinski definition) is 1. The van der Waals surface area contributed by atoms with Gasteiger partial charge in [0.15, 0.2) is 0 Å². The SMILES string of the molecule is CNCC(C)(C)CN1CCSCC1. The minimum absolute atomic E-state index is 0.413.